The molecule has 2 heterocycles. The number of likely N-dealkylation sites (tertiary alicyclic amines) is 1. The fourth-order valence-electron chi connectivity index (χ4n) is 4.69. The molecule has 0 aliphatic carbocycles. The minimum atomic E-state index is -3.64. The molecule has 0 radical (unpaired) electrons. The first-order chi connectivity index (χ1) is 19.0. The fraction of sp³-hybridized carbons (Fsp3) is 0.286. The molecule has 1 aliphatic heterocycles. The minimum Gasteiger partial charge on any atom is -0.489 e. The van der Waals surface area contributed by atoms with E-state index in [1.54, 1.807) is 65.7 Å². The molecule has 1 saturated heterocycles. The SMILES string of the molecule is COC(=O)C[C@@H]1C[C@@H](COc2ccc(-c3ccc(C(=N)N)cc3)cc2NS(C)(=O)=O)N(C(=O)c2cccnc2)C1. The lowest BCUT2D eigenvalue weighted by Crippen LogP contribution is -2.39. The highest BCUT2D eigenvalue weighted by atomic mass is 32.2. The van der Waals surface area contributed by atoms with Crippen molar-refractivity contribution < 1.29 is 27.5 Å². The number of aromatic nitrogens is 1. The maximum absolute atomic E-state index is 13.3. The molecule has 1 fully saturated rings. The maximum atomic E-state index is 13.3. The summed E-state index contributed by atoms with van der Waals surface area (Å²) < 4.78 is 37.7. The Morgan fingerprint density at radius 2 is 1.85 bits per heavy atom. The Kier molecular flexibility index (Phi) is 8.68. The lowest BCUT2D eigenvalue weighted by Gasteiger charge is -2.25. The van der Waals surface area contributed by atoms with Gasteiger partial charge in [-0.3, -0.25) is 24.7 Å². The lowest BCUT2D eigenvalue weighted by molar-refractivity contribution is -0.141. The number of pyridine rings is 1. The van der Waals surface area contributed by atoms with E-state index in [0.29, 0.717) is 29.8 Å². The first-order valence-corrected chi connectivity index (χ1v) is 14.4. The number of nitrogens with zero attached hydrogens (tertiary/aromatic N) is 2. The molecule has 12 heteroatoms. The van der Waals surface area contributed by atoms with E-state index in [0.717, 1.165) is 17.4 Å². The Morgan fingerprint density at radius 1 is 1.12 bits per heavy atom. The summed E-state index contributed by atoms with van der Waals surface area (Å²) in [7, 11) is -2.31. The van der Waals surface area contributed by atoms with Gasteiger partial charge < -0.3 is 20.1 Å². The number of anilines is 1. The molecule has 210 valence electrons. The van der Waals surface area contributed by atoms with Gasteiger partial charge in [-0.15, -0.1) is 0 Å². The molecule has 2 aromatic carbocycles. The summed E-state index contributed by atoms with van der Waals surface area (Å²) in [5.74, 6) is -0.457. The highest BCUT2D eigenvalue weighted by Crippen LogP contribution is 2.34. The van der Waals surface area contributed by atoms with Crippen LogP contribution in [0.1, 0.15) is 28.8 Å². The monoisotopic (exact) mass is 565 g/mol. The zero-order chi connectivity index (χ0) is 28.9. The van der Waals surface area contributed by atoms with Crippen molar-refractivity contribution in [3.8, 4) is 16.9 Å². The van der Waals surface area contributed by atoms with Gasteiger partial charge in [0.2, 0.25) is 10.0 Å². The van der Waals surface area contributed by atoms with Gasteiger partial charge in [-0.25, -0.2) is 8.42 Å². The summed E-state index contributed by atoms with van der Waals surface area (Å²) in [6.45, 7) is 0.426. The number of rotatable bonds is 10. The van der Waals surface area contributed by atoms with Crippen molar-refractivity contribution >= 4 is 33.4 Å². The van der Waals surface area contributed by atoms with E-state index in [9.17, 15) is 18.0 Å². The van der Waals surface area contributed by atoms with Crippen molar-refractivity contribution in [2.24, 2.45) is 11.7 Å². The summed E-state index contributed by atoms with van der Waals surface area (Å²) in [4.78, 5) is 30.9. The number of hydrogen-bond donors (Lipinski definition) is 3. The third-order valence-corrected chi connectivity index (χ3v) is 7.18. The normalized spacial score (nSPS) is 16.8. The van der Waals surface area contributed by atoms with Crippen LogP contribution in [0.2, 0.25) is 0 Å². The molecule has 4 rings (SSSR count). The van der Waals surface area contributed by atoms with E-state index in [1.807, 2.05) is 0 Å². The van der Waals surface area contributed by atoms with Crippen LogP contribution in [-0.4, -0.2) is 68.6 Å². The summed E-state index contributed by atoms with van der Waals surface area (Å²) in [6.07, 6.45) is 4.80. The van der Waals surface area contributed by atoms with Gasteiger partial charge >= 0.3 is 5.97 Å². The molecule has 2 atom stereocenters. The summed E-state index contributed by atoms with van der Waals surface area (Å²) >= 11 is 0. The van der Waals surface area contributed by atoms with Crippen LogP contribution in [0.15, 0.2) is 67.0 Å². The molecule has 1 aliphatic rings. The number of nitrogen functional groups attached to an aromatic ring is 1. The third kappa shape index (κ3) is 7.14. The van der Waals surface area contributed by atoms with Crippen LogP contribution >= 0.6 is 0 Å². The van der Waals surface area contributed by atoms with Gasteiger partial charge in [0, 0.05) is 24.5 Å². The van der Waals surface area contributed by atoms with Crippen molar-refractivity contribution in [2.75, 3.05) is 31.2 Å². The number of methoxy groups -OCH3 is 1. The van der Waals surface area contributed by atoms with Crippen molar-refractivity contribution in [1.29, 1.82) is 5.41 Å². The van der Waals surface area contributed by atoms with Gasteiger partial charge in [-0.2, -0.15) is 0 Å². The summed E-state index contributed by atoms with van der Waals surface area (Å²) in [5.41, 5.74) is 8.30. The molecular formula is C28H31N5O6S. The smallest absolute Gasteiger partial charge is 0.305 e. The van der Waals surface area contributed by atoms with Gasteiger partial charge in [0.05, 0.1) is 37.1 Å². The molecule has 0 unspecified atom stereocenters. The Bertz CT molecular complexity index is 1500. The third-order valence-electron chi connectivity index (χ3n) is 6.59. The zero-order valence-corrected chi connectivity index (χ0v) is 23.0. The largest absolute Gasteiger partial charge is 0.489 e. The first kappa shape index (κ1) is 28.6. The number of hydrogen-bond acceptors (Lipinski definition) is 8. The summed E-state index contributed by atoms with van der Waals surface area (Å²) in [6, 6.07) is 15.1. The van der Waals surface area contributed by atoms with E-state index in [-0.39, 0.29) is 48.4 Å². The number of benzene rings is 2. The standard InChI is InChI=1S/C28H31N5O6S/c1-38-26(34)13-18-12-23(33(16-18)28(35)22-4-3-11-31-15-22)17-39-25-10-9-21(14-24(25)32-40(2,36)37)19-5-7-20(8-6-19)27(29)30/h3-11,14-15,18,23,32H,12-13,16-17H2,1-2H3,(H3,29,30)/t18-,23-/m0/s1. The first-order valence-electron chi connectivity index (χ1n) is 12.5. The van der Waals surface area contributed by atoms with Gasteiger partial charge in [0.25, 0.3) is 5.91 Å². The van der Waals surface area contributed by atoms with Crippen LogP contribution in [0.25, 0.3) is 11.1 Å². The molecule has 0 bridgehead atoms. The maximum Gasteiger partial charge on any atom is 0.305 e. The average Bonchev–Trinajstić information content (AvgIpc) is 3.33. The molecule has 1 aromatic heterocycles. The minimum absolute atomic E-state index is 0.0495. The van der Waals surface area contributed by atoms with Gasteiger partial charge in [0.1, 0.15) is 18.2 Å². The van der Waals surface area contributed by atoms with Crippen LogP contribution in [0.5, 0.6) is 5.75 Å². The number of amidine groups is 1. The Morgan fingerprint density at radius 3 is 2.48 bits per heavy atom. The Hall–Kier alpha value is -4.45. The fourth-order valence-corrected chi connectivity index (χ4v) is 5.24. The molecule has 1 amide bonds. The second kappa shape index (κ2) is 12.2. The number of ether oxygens (including phenoxy) is 2. The van der Waals surface area contributed by atoms with Crippen LogP contribution in [-0.2, 0) is 19.6 Å². The van der Waals surface area contributed by atoms with Crippen LogP contribution in [0.4, 0.5) is 5.69 Å². The van der Waals surface area contributed by atoms with Crippen molar-refractivity contribution in [1.82, 2.24) is 9.88 Å². The molecule has 4 N–H and O–H groups in total. The Labute approximate surface area is 232 Å². The number of carbonyl (C=O) groups excluding carboxylic acids is 2. The molecule has 11 nitrogen and oxygen atoms in total. The number of carbonyl (C=O) groups is 2. The van der Waals surface area contributed by atoms with E-state index in [4.69, 9.17) is 20.6 Å². The molecule has 3 aromatic rings. The van der Waals surface area contributed by atoms with E-state index < -0.39 is 10.0 Å². The quantitative estimate of drug-likeness (QED) is 0.192. The second-order valence-corrected chi connectivity index (χ2v) is 11.4. The predicted molar refractivity (Wildman–Crippen MR) is 151 cm³/mol. The Balaban J connectivity index is 1.58. The second-order valence-electron chi connectivity index (χ2n) is 9.62. The van der Waals surface area contributed by atoms with Crippen molar-refractivity contribution in [3.63, 3.8) is 0 Å². The summed E-state index contributed by atoms with van der Waals surface area (Å²) in [5, 5.41) is 7.57. The number of nitrogens with two attached hydrogens (primary N) is 1. The highest BCUT2D eigenvalue weighted by molar-refractivity contribution is 7.92. The zero-order valence-electron chi connectivity index (χ0n) is 22.2. The van der Waals surface area contributed by atoms with E-state index in [2.05, 4.69) is 9.71 Å². The highest BCUT2D eigenvalue weighted by Gasteiger charge is 2.37. The number of sulfonamides is 1. The van der Waals surface area contributed by atoms with Gasteiger partial charge in [0.15, 0.2) is 0 Å². The van der Waals surface area contributed by atoms with E-state index >= 15 is 0 Å². The topological polar surface area (TPSA) is 165 Å². The van der Waals surface area contributed by atoms with Crippen molar-refractivity contribution in [3.05, 3.63) is 78.1 Å². The lowest BCUT2D eigenvalue weighted by atomic mass is 10.0. The van der Waals surface area contributed by atoms with Gasteiger partial charge in [-0.05, 0) is 47.7 Å². The van der Waals surface area contributed by atoms with Crippen LogP contribution in [0, 0.1) is 11.3 Å². The molecule has 0 spiro atoms. The van der Waals surface area contributed by atoms with Crippen LogP contribution in [0.3, 0.4) is 0 Å². The van der Waals surface area contributed by atoms with Gasteiger partial charge in [-0.1, -0.05) is 30.3 Å². The van der Waals surface area contributed by atoms with E-state index in [1.165, 1.54) is 13.3 Å². The molecular weight excluding hydrogens is 534 g/mol. The number of esters is 1. The van der Waals surface area contributed by atoms with Crippen molar-refractivity contribution in [2.45, 2.75) is 18.9 Å². The van der Waals surface area contributed by atoms with Crippen LogP contribution < -0.4 is 15.2 Å². The number of nitrogens with one attached hydrogen (secondary N) is 2. The molecule has 40 heavy (non-hydrogen) atoms. The molecule has 0 saturated carbocycles. The average molecular weight is 566 g/mol. The predicted octanol–water partition coefficient (Wildman–Crippen LogP) is 2.88. The number of amides is 1.